The summed E-state index contributed by atoms with van der Waals surface area (Å²) in [6, 6.07) is 9.78. The lowest BCUT2D eigenvalue weighted by molar-refractivity contribution is -0.385. The molecular formula is C14H12NO5S. The molecule has 0 atom stereocenters. The predicted molar refractivity (Wildman–Crippen MR) is 76.5 cm³/mol. The number of hydrogen-bond donors (Lipinski definition) is 0. The third-order valence-corrected chi connectivity index (χ3v) is 4.03. The molecule has 0 bridgehead atoms. The van der Waals surface area contributed by atoms with Gasteiger partial charge in [0.05, 0.1) is 11.0 Å². The van der Waals surface area contributed by atoms with Crippen molar-refractivity contribution in [2.75, 3.05) is 0 Å². The maximum absolute atomic E-state index is 12.1. The quantitative estimate of drug-likeness (QED) is 0.492. The molecule has 0 N–H and O–H groups in total. The summed E-state index contributed by atoms with van der Waals surface area (Å²) in [6.45, 7) is 5.33. The lowest BCUT2D eigenvalue weighted by Crippen LogP contribution is -2.10. The highest BCUT2D eigenvalue weighted by Gasteiger charge is 2.19. The largest absolute Gasteiger partial charge is 0.379 e. The van der Waals surface area contributed by atoms with E-state index in [1.54, 1.807) is 12.1 Å². The molecule has 2 aromatic rings. The molecule has 21 heavy (non-hydrogen) atoms. The maximum Gasteiger partial charge on any atom is 0.339 e. The van der Waals surface area contributed by atoms with Crippen molar-refractivity contribution in [3.8, 4) is 5.75 Å². The second-order valence-electron chi connectivity index (χ2n) is 4.40. The average Bonchev–Trinajstić information content (AvgIpc) is 2.41. The molecule has 7 heteroatoms. The molecule has 0 saturated heterocycles. The van der Waals surface area contributed by atoms with Crippen LogP contribution < -0.4 is 4.18 Å². The van der Waals surface area contributed by atoms with Gasteiger partial charge in [-0.05, 0) is 38.1 Å². The van der Waals surface area contributed by atoms with Gasteiger partial charge in [0.1, 0.15) is 10.6 Å². The van der Waals surface area contributed by atoms with Gasteiger partial charge in [0.15, 0.2) is 0 Å². The highest BCUT2D eigenvalue weighted by atomic mass is 32.2. The van der Waals surface area contributed by atoms with Gasteiger partial charge in [0, 0.05) is 5.56 Å². The molecular weight excluding hydrogens is 294 g/mol. The normalized spacial score (nSPS) is 11.1. The standard InChI is InChI=1S/C14H12NO5S/c1-10-3-7-13(8-4-10)21(18,19)20-12-6-5-11(2)14(9-12)15(16)17/h3-9H,2H2,1H3. The van der Waals surface area contributed by atoms with Crippen molar-refractivity contribution < 1.29 is 17.5 Å². The van der Waals surface area contributed by atoms with Crippen LogP contribution in [0.4, 0.5) is 5.69 Å². The zero-order valence-electron chi connectivity index (χ0n) is 11.1. The number of nitro benzene ring substituents is 1. The smallest absolute Gasteiger partial charge is 0.339 e. The van der Waals surface area contributed by atoms with Crippen molar-refractivity contribution in [2.24, 2.45) is 0 Å². The van der Waals surface area contributed by atoms with Gasteiger partial charge in [-0.3, -0.25) is 10.1 Å². The minimum Gasteiger partial charge on any atom is -0.379 e. The Kier molecular flexibility index (Phi) is 3.95. The predicted octanol–water partition coefficient (Wildman–Crippen LogP) is 2.85. The van der Waals surface area contributed by atoms with E-state index in [4.69, 9.17) is 4.18 Å². The van der Waals surface area contributed by atoms with Crippen molar-refractivity contribution in [3.05, 3.63) is 70.6 Å². The monoisotopic (exact) mass is 306 g/mol. The van der Waals surface area contributed by atoms with Gasteiger partial charge < -0.3 is 4.18 Å². The molecule has 0 aliphatic carbocycles. The van der Waals surface area contributed by atoms with Crippen LogP contribution >= 0.6 is 0 Å². The number of benzene rings is 2. The lowest BCUT2D eigenvalue weighted by atomic mass is 10.2. The molecule has 0 saturated carbocycles. The van der Waals surface area contributed by atoms with Gasteiger partial charge in [-0.2, -0.15) is 8.42 Å². The Morgan fingerprint density at radius 3 is 2.33 bits per heavy atom. The van der Waals surface area contributed by atoms with Crippen molar-refractivity contribution in [1.29, 1.82) is 0 Å². The fourth-order valence-corrected chi connectivity index (χ4v) is 2.57. The number of nitrogens with zero attached hydrogens (tertiary/aromatic N) is 1. The van der Waals surface area contributed by atoms with E-state index in [1.807, 2.05) is 6.92 Å². The van der Waals surface area contributed by atoms with Crippen LogP contribution in [0.2, 0.25) is 0 Å². The molecule has 1 radical (unpaired) electrons. The minimum atomic E-state index is -4.03. The molecule has 0 aromatic heterocycles. The van der Waals surface area contributed by atoms with Crippen LogP contribution in [0.1, 0.15) is 11.1 Å². The van der Waals surface area contributed by atoms with E-state index in [1.165, 1.54) is 24.3 Å². The second-order valence-corrected chi connectivity index (χ2v) is 5.94. The minimum absolute atomic E-state index is 0.0190. The highest BCUT2D eigenvalue weighted by molar-refractivity contribution is 7.87. The van der Waals surface area contributed by atoms with Crippen LogP contribution in [0.5, 0.6) is 5.75 Å². The van der Waals surface area contributed by atoms with E-state index >= 15 is 0 Å². The molecule has 109 valence electrons. The Hall–Kier alpha value is -2.41. The van der Waals surface area contributed by atoms with E-state index in [9.17, 15) is 18.5 Å². The topological polar surface area (TPSA) is 86.5 Å². The van der Waals surface area contributed by atoms with Crippen molar-refractivity contribution in [2.45, 2.75) is 11.8 Å². The summed E-state index contributed by atoms with van der Waals surface area (Å²) in [5.74, 6) is -0.130. The summed E-state index contributed by atoms with van der Waals surface area (Å²) in [5, 5.41) is 10.8. The fraction of sp³-hybridized carbons (Fsp3) is 0.0714. The summed E-state index contributed by atoms with van der Waals surface area (Å²) >= 11 is 0. The molecule has 2 aromatic carbocycles. The molecule has 0 aliphatic rings. The lowest BCUT2D eigenvalue weighted by Gasteiger charge is -2.07. The summed E-state index contributed by atoms with van der Waals surface area (Å²) in [5.41, 5.74) is 0.790. The third-order valence-electron chi connectivity index (χ3n) is 2.77. The Morgan fingerprint density at radius 2 is 1.76 bits per heavy atom. The number of aryl methyl sites for hydroxylation is 1. The van der Waals surface area contributed by atoms with E-state index in [2.05, 4.69) is 6.92 Å². The zero-order chi connectivity index (χ0) is 15.6. The Labute approximate surface area is 122 Å². The first-order valence-electron chi connectivity index (χ1n) is 5.91. The zero-order valence-corrected chi connectivity index (χ0v) is 12.0. The van der Waals surface area contributed by atoms with E-state index < -0.39 is 15.0 Å². The van der Waals surface area contributed by atoms with Gasteiger partial charge in [0.2, 0.25) is 0 Å². The molecule has 6 nitrogen and oxygen atoms in total. The first kappa shape index (κ1) is 15.0. The number of rotatable bonds is 4. The van der Waals surface area contributed by atoms with E-state index in [0.29, 0.717) is 0 Å². The first-order valence-corrected chi connectivity index (χ1v) is 7.32. The van der Waals surface area contributed by atoms with Gasteiger partial charge in [-0.1, -0.05) is 17.7 Å². The van der Waals surface area contributed by atoms with Crippen LogP contribution in [-0.2, 0) is 10.1 Å². The van der Waals surface area contributed by atoms with E-state index in [-0.39, 0.29) is 21.9 Å². The molecule has 0 amide bonds. The summed E-state index contributed by atoms with van der Waals surface area (Å²) in [4.78, 5) is 10.1. The molecule has 0 aliphatic heterocycles. The van der Waals surface area contributed by atoms with E-state index in [0.717, 1.165) is 11.6 Å². The van der Waals surface area contributed by atoms with Crippen LogP contribution in [0.25, 0.3) is 0 Å². The van der Waals surface area contributed by atoms with Crippen LogP contribution in [0, 0.1) is 24.0 Å². The number of nitro groups is 1. The van der Waals surface area contributed by atoms with Gasteiger partial charge in [0.25, 0.3) is 5.69 Å². The molecule has 0 spiro atoms. The van der Waals surface area contributed by atoms with Gasteiger partial charge in [-0.15, -0.1) is 0 Å². The van der Waals surface area contributed by atoms with Crippen LogP contribution in [0.3, 0.4) is 0 Å². The SMILES string of the molecule is [CH2]c1ccc(OS(=O)(=O)c2ccc(C)cc2)cc1[N+](=O)[O-]. The molecule has 2 rings (SSSR count). The Balaban J connectivity index is 2.35. The first-order chi connectivity index (χ1) is 9.79. The van der Waals surface area contributed by atoms with Gasteiger partial charge in [-0.25, -0.2) is 0 Å². The average molecular weight is 306 g/mol. The summed E-state index contributed by atoms with van der Waals surface area (Å²) in [6.07, 6.45) is 0. The van der Waals surface area contributed by atoms with Crippen LogP contribution in [0.15, 0.2) is 47.4 Å². The van der Waals surface area contributed by atoms with Crippen LogP contribution in [-0.4, -0.2) is 13.3 Å². The van der Waals surface area contributed by atoms with Crippen molar-refractivity contribution in [1.82, 2.24) is 0 Å². The Bertz CT molecular complexity index is 782. The third kappa shape index (κ3) is 3.38. The van der Waals surface area contributed by atoms with Crippen molar-refractivity contribution in [3.63, 3.8) is 0 Å². The molecule has 0 fully saturated rings. The fourth-order valence-electron chi connectivity index (χ4n) is 1.65. The highest BCUT2D eigenvalue weighted by Crippen LogP contribution is 2.26. The Morgan fingerprint density at radius 1 is 1.14 bits per heavy atom. The second kappa shape index (κ2) is 5.53. The molecule has 0 unspecified atom stereocenters. The van der Waals surface area contributed by atoms with Crippen molar-refractivity contribution >= 4 is 15.8 Å². The summed E-state index contributed by atoms with van der Waals surface area (Å²) in [7, 11) is -4.03. The summed E-state index contributed by atoms with van der Waals surface area (Å²) < 4.78 is 29.1. The maximum atomic E-state index is 12.1. The molecule has 0 heterocycles. The van der Waals surface area contributed by atoms with Gasteiger partial charge >= 0.3 is 10.1 Å². The number of hydrogen-bond acceptors (Lipinski definition) is 5.